The molecule has 2 N–H and O–H groups in total. The van der Waals surface area contributed by atoms with Crippen LogP contribution in [0.25, 0.3) is 0 Å². The number of nitrogens with zero attached hydrogens (tertiary/aromatic N) is 1. The van der Waals surface area contributed by atoms with E-state index in [1.165, 1.54) is 19.9 Å². The lowest BCUT2D eigenvalue weighted by Gasteiger charge is -2.18. The van der Waals surface area contributed by atoms with E-state index in [-0.39, 0.29) is 0 Å². The van der Waals surface area contributed by atoms with Gasteiger partial charge in [0.15, 0.2) is 0 Å². The average molecular weight is 350 g/mol. The summed E-state index contributed by atoms with van der Waals surface area (Å²) < 4.78 is 64.1. The van der Waals surface area contributed by atoms with E-state index in [1.54, 1.807) is 0 Å². The zero-order chi connectivity index (χ0) is 18.0. The molecule has 0 aromatic heterocycles. The van der Waals surface area contributed by atoms with Crippen molar-refractivity contribution in [1.82, 2.24) is 4.72 Å². The van der Waals surface area contributed by atoms with Crippen molar-refractivity contribution >= 4 is 16.0 Å². The molecule has 0 aliphatic rings. The van der Waals surface area contributed by atoms with E-state index in [9.17, 15) is 26.4 Å². The Balaban J connectivity index is 3.34. The Morgan fingerprint density at radius 3 is 2.30 bits per heavy atom. The Bertz CT molecular complexity index is 751. The van der Waals surface area contributed by atoms with Gasteiger partial charge in [-0.05, 0) is 24.1 Å². The fourth-order valence-corrected chi connectivity index (χ4v) is 3.21. The molecule has 0 bridgehead atoms. The second-order valence-corrected chi connectivity index (χ2v) is 6.68. The zero-order valence-corrected chi connectivity index (χ0v) is 12.9. The standard InChI is InChI=1S/C13H13F3N2O4S/c1-7(2)11(12(19)20)18-23(21,22)10-4-3-9(13(14,15)16)5-8(10)6-17/h3-5,7,11,18H,1-2H3,(H,19,20)/t11-/m1/s1. The number of carboxylic acid groups (broad SMARTS) is 1. The fourth-order valence-electron chi connectivity index (χ4n) is 1.73. The topological polar surface area (TPSA) is 107 Å². The van der Waals surface area contributed by atoms with Crippen LogP contribution < -0.4 is 4.72 Å². The van der Waals surface area contributed by atoms with Crippen LogP contribution in [0, 0.1) is 17.2 Å². The van der Waals surface area contributed by atoms with Gasteiger partial charge in [-0.1, -0.05) is 13.8 Å². The van der Waals surface area contributed by atoms with E-state index in [0.29, 0.717) is 18.2 Å². The molecule has 0 fully saturated rings. The minimum absolute atomic E-state index is 0.402. The molecule has 126 valence electrons. The van der Waals surface area contributed by atoms with Crippen molar-refractivity contribution in [2.24, 2.45) is 5.92 Å². The van der Waals surface area contributed by atoms with E-state index in [1.807, 2.05) is 4.72 Å². The van der Waals surface area contributed by atoms with Gasteiger partial charge in [0.25, 0.3) is 0 Å². The van der Waals surface area contributed by atoms with Gasteiger partial charge in [-0.2, -0.15) is 23.2 Å². The summed E-state index contributed by atoms with van der Waals surface area (Å²) >= 11 is 0. The molecule has 0 radical (unpaired) electrons. The highest BCUT2D eigenvalue weighted by molar-refractivity contribution is 7.89. The minimum atomic E-state index is -4.73. The lowest BCUT2D eigenvalue weighted by molar-refractivity contribution is -0.140. The number of sulfonamides is 1. The number of nitriles is 1. The normalized spacial score (nSPS) is 13.6. The van der Waals surface area contributed by atoms with Crippen LogP contribution in [-0.4, -0.2) is 25.5 Å². The summed E-state index contributed by atoms with van der Waals surface area (Å²) in [4.78, 5) is 10.3. The van der Waals surface area contributed by atoms with Crippen LogP contribution in [0.2, 0.25) is 0 Å². The molecular formula is C13H13F3N2O4S. The van der Waals surface area contributed by atoms with E-state index >= 15 is 0 Å². The summed E-state index contributed by atoms with van der Waals surface area (Å²) in [5.74, 6) is -2.05. The number of nitrogens with one attached hydrogen (secondary N) is 1. The molecule has 0 unspecified atom stereocenters. The maximum atomic E-state index is 12.6. The van der Waals surface area contributed by atoms with Crippen LogP contribution in [0.15, 0.2) is 23.1 Å². The quantitative estimate of drug-likeness (QED) is 0.844. The van der Waals surface area contributed by atoms with E-state index in [0.717, 1.165) is 0 Å². The number of carbonyl (C=O) groups is 1. The molecule has 1 rings (SSSR count). The molecule has 0 heterocycles. The monoisotopic (exact) mass is 350 g/mol. The molecule has 0 aliphatic carbocycles. The number of halogens is 3. The molecule has 6 nitrogen and oxygen atoms in total. The first-order valence-corrected chi connectivity index (χ1v) is 7.75. The molecule has 23 heavy (non-hydrogen) atoms. The minimum Gasteiger partial charge on any atom is -0.480 e. The van der Waals surface area contributed by atoms with Gasteiger partial charge in [-0.3, -0.25) is 4.79 Å². The Hall–Kier alpha value is -2.12. The lowest BCUT2D eigenvalue weighted by Crippen LogP contribution is -2.44. The van der Waals surface area contributed by atoms with E-state index in [4.69, 9.17) is 10.4 Å². The number of alkyl halides is 3. The highest BCUT2D eigenvalue weighted by Gasteiger charge is 2.34. The third kappa shape index (κ3) is 4.43. The largest absolute Gasteiger partial charge is 0.480 e. The van der Waals surface area contributed by atoms with Crippen molar-refractivity contribution in [1.29, 1.82) is 5.26 Å². The highest BCUT2D eigenvalue weighted by atomic mass is 32.2. The second kappa shape index (κ2) is 6.55. The van der Waals surface area contributed by atoms with Crippen LogP contribution >= 0.6 is 0 Å². The Morgan fingerprint density at radius 2 is 1.91 bits per heavy atom. The van der Waals surface area contributed by atoms with Crippen molar-refractivity contribution in [2.75, 3.05) is 0 Å². The molecule has 0 aliphatic heterocycles. The molecule has 0 spiro atoms. The van der Waals surface area contributed by atoms with Gasteiger partial charge < -0.3 is 5.11 Å². The molecule has 0 saturated carbocycles. The first-order valence-electron chi connectivity index (χ1n) is 6.26. The fraction of sp³-hybridized carbons (Fsp3) is 0.385. The van der Waals surface area contributed by atoms with Crippen molar-refractivity contribution in [2.45, 2.75) is 31.0 Å². The zero-order valence-electron chi connectivity index (χ0n) is 12.0. The number of hydrogen-bond donors (Lipinski definition) is 2. The first-order chi connectivity index (χ1) is 10.4. The van der Waals surface area contributed by atoms with Gasteiger partial charge in [0.05, 0.1) is 16.0 Å². The molecule has 1 aromatic rings. The van der Waals surface area contributed by atoms with Gasteiger partial charge in [-0.25, -0.2) is 8.42 Å². The van der Waals surface area contributed by atoms with Crippen LogP contribution in [0.5, 0.6) is 0 Å². The summed E-state index contributed by atoms with van der Waals surface area (Å²) in [5.41, 5.74) is -1.90. The van der Waals surface area contributed by atoms with Crippen LogP contribution in [0.4, 0.5) is 13.2 Å². The smallest absolute Gasteiger partial charge is 0.416 e. The van der Waals surface area contributed by atoms with Gasteiger partial charge in [0, 0.05) is 0 Å². The number of carboxylic acids is 1. The van der Waals surface area contributed by atoms with Crippen molar-refractivity contribution in [3.63, 3.8) is 0 Å². The van der Waals surface area contributed by atoms with E-state index < -0.39 is 50.2 Å². The second-order valence-electron chi connectivity index (χ2n) is 5.00. The number of benzene rings is 1. The summed E-state index contributed by atoms with van der Waals surface area (Å²) in [6.45, 7) is 2.92. The predicted molar refractivity (Wildman–Crippen MR) is 72.7 cm³/mol. The van der Waals surface area contributed by atoms with Crippen molar-refractivity contribution in [3.8, 4) is 6.07 Å². The third-order valence-corrected chi connectivity index (χ3v) is 4.43. The van der Waals surface area contributed by atoms with Gasteiger partial charge in [0.1, 0.15) is 12.1 Å². The highest BCUT2D eigenvalue weighted by Crippen LogP contribution is 2.31. The van der Waals surface area contributed by atoms with Crippen molar-refractivity contribution in [3.05, 3.63) is 29.3 Å². The van der Waals surface area contributed by atoms with Gasteiger partial charge in [-0.15, -0.1) is 0 Å². The van der Waals surface area contributed by atoms with Crippen LogP contribution in [0.3, 0.4) is 0 Å². The number of aliphatic carboxylic acids is 1. The Labute approximate surface area is 130 Å². The van der Waals surface area contributed by atoms with Crippen LogP contribution in [-0.2, 0) is 21.0 Å². The molecule has 0 amide bonds. The van der Waals surface area contributed by atoms with Crippen molar-refractivity contribution < 1.29 is 31.5 Å². The summed E-state index contributed by atoms with van der Waals surface area (Å²) in [7, 11) is -4.48. The van der Waals surface area contributed by atoms with Gasteiger partial charge in [0.2, 0.25) is 10.0 Å². The van der Waals surface area contributed by atoms with Crippen LogP contribution in [0.1, 0.15) is 25.0 Å². The SMILES string of the molecule is CC(C)[C@@H](NS(=O)(=O)c1ccc(C(F)(F)F)cc1C#N)C(=O)O. The summed E-state index contributed by atoms with van der Waals surface area (Å²) in [6, 6.07) is 1.45. The first kappa shape index (κ1) is 18.9. The Kier molecular flexibility index (Phi) is 5.39. The van der Waals surface area contributed by atoms with Gasteiger partial charge >= 0.3 is 12.1 Å². The van der Waals surface area contributed by atoms with E-state index in [2.05, 4.69) is 0 Å². The molecule has 10 heteroatoms. The third-order valence-electron chi connectivity index (χ3n) is 2.93. The molecular weight excluding hydrogens is 337 g/mol. The lowest BCUT2D eigenvalue weighted by atomic mass is 10.1. The predicted octanol–water partition coefficient (Wildman–Crippen LogP) is 1.96. The summed E-state index contributed by atoms with van der Waals surface area (Å²) in [5, 5.41) is 17.9. The molecule has 1 aromatic carbocycles. The molecule has 1 atom stereocenters. The average Bonchev–Trinajstić information content (AvgIpc) is 2.42. The maximum Gasteiger partial charge on any atom is 0.416 e. The summed E-state index contributed by atoms with van der Waals surface area (Å²) in [6.07, 6.45) is -4.73. The number of rotatable bonds is 5. The molecule has 0 saturated heterocycles. The number of hydrogen-bond acceptors (Lipinski definition) is 4. The Morgan fingerprint density at radius 1 is 1.35 bits per heavy atom. The maximum absolute atomic E-state index is 12.6.